The molecule has 33 heavy (non-hydrogen) atoms. The van der Waals surface area contributed by atoms with Gasteiger partial charge >= 0.3 is 0 Å². The van der Waals surface area contributed by atoms with Crippen molar-refractivity contribution in [2.24, 2.45) is 0 Å². The fraction of sp³-hybridized carbons (Fsp3) is 0.320. The van der Waals surface area contributed by atoms with E-state index in [1.807, 2.05) is 43.3 Å². The minimum absolute atomic E-state index is 0.335. The summed E-state index contributed by atoms with van der Waals surface area (Å²) in [6.45, 7) is 6.58. The summed E-state index contributed by atoms with van der Waals surface area (Å²) >= 11 is 6.40. The highest BCUT2D eigenvalue weighted by Crippen LogP contribution is 2.34. The van der Waals surface area contributed by atoms with Gasteiger partial charge in [-0.25, -0.2) is 9.97 Å². The molecular weight excluding hydrogens is 436 g/mol. The third-order valence-corrected chi connectivity index (χ3v) is 5.86. The van der Waals surface area contributed by atoms with Crippen molar-refractivity contribution in [2.45, 2.75) is 13.3 Å². The van der Waals surface area contributed by atoms with Gasteiger partial charge in [0.05, 0.1) is 41.7 Å². The Bertz CT molecular complexity index is 1150. The largest absolute Gasteiger partial charge is 0.492 e. The van der Waals surface area contributed by atoms with Gasteiger partial charge in [-0.1, -0.05) is 29.8 Å². The van der Waals surface area contributed by atoms with E-state index in [0.717, 1.165) is 54.4 Å². The Morgan fingerprint density at radius 3 is 2.73 bits per heavy atom. The molecule has 1 aromatic heterocycles. The highest BCUT2D eigenvalue weighted by molar-refractivity contribution is 6.32. The molecule has 1 saturated heterocycles. The van der Waals surface area contributed by atoms with E-state index in [1.165, 1.54) is 0 Å². The van der Waals surface area contributed by atoms with Crippen LogP contribution in [0.25, 0.3) is 11.3 Å². The SMILES string of the molecule is CCOc1cc(Nc2ncc(Cl)c(-c3cccc(CC#N)c3)n2)ccc1N1CCN(C)CC1. The molecule has 3 aromatic rings. The number of ether oxygens (including phenoxy) is 1. The number of nitriles is 1. The van der Waals surface area contributed by atoms with Gasteiger partial charge in [0.25, 0.3) is 0 Å². The molecule has 0 unspecified atom stereocenters. The van der Waals surface area contributed by atoms with Gasteiger partial charge in [0.1, 0.15) is 5.75 Å². The standard InChI is InChI=1S/C25H27ClN6O/c1-3-33-23-16-20(7-8-22(23)32-13-11-31(2)12-14-32)29-25-28-17-21(26)24(30-25)19-6-4-5-18(15-19)9-10-27/h4-8,15-17H,3,9,11-14H2,1-2H3,(H,28,29,30). The van der Waals surface area contributed by atoms with Gasteiger partial charge in [-0.3, -0.25) is 0 Å². The van der Waals surface area contributed by atoms with Crippen molar-refractivity contribution in [3.63, 3.8) is 0 Å². The Morgan fingerprint density at radius 2 is 1.97 bits per heavy atom. The summed E-state index contributed by atoms with van der Waals surface area (Å²) in [5.74, 6) is 1.28. The zero-order valence-electron chi connectivity index (χ0n) is 18.9. The van der Waals surface area contributed by atoms with Crippen LogP contribution in [0.15, 0.2) is 48.7 Å². The van der Waals surface area contributed by atoms with E-state index in [9.17, 15) is 0 Å². The van der Waals surface area contributed by atoms with E-state index >= 15 is 0 Å². The van der Waals surface area contributed by atoms with Crippen molar-refractivity contribution in [1.82, 2.24) is 14.9 Å². The first kappa shape index (κ1) is 22.8. The van der Waals surface area contributed by atoms with E-state index in [1.54, 1.807) is 6.20 Å². The van der Waals surface area contributed by atoms with Crippen molar-refractivity contribution in [1.29, 1.82) is 5.26 Å². The molecule has 7 nitrogen and oxygen atoms in total. The van der Waals surface area contributed by atoms with Crippen LogP contribution in [0.1, 0.15) is 12.5 Å². The number of likely N-dealkylation sites (N-methyl/N-ethyl adjacent to an activating group) is 1. The van der Waals surface area contributed by atoms with Crippen molar-refractivity contribution >= 4 is 28.9 Å². The number of piperazine rings is 1. The molecule has 4 rings (SSSR count). The summed E-state index contributed by atoms with van der Waals surface area (Å²) in [5, 5.41) is 12.7. The van der Waals surface area contributed by atoms with Crippen LogP contribution in [0, 0.1) is 11.3 Å². The minimum Gasteiger partial charge on any atom is -0.492 e. The summed E-state index contributed by atoms with van der Waals surface area (Å²) in [6.07, 6.45) is 1.92. The van der Waals surface area contributed by atoms with Crippen LogP contribution in [0.4, 0.5) is 17.3 Å². The van der Waals surface area contributed by atoms with Crippen LogP contribution in [0.5, 0.6) is 5.75 Å². The van der Waals surface area contributed by atoms with Crippen molar-refractivity contribution in [2.75, 3.05) is 50.1 Å². The Balaban J connectivity index is 1.59. The molecule has 0 aliphatic carbocycles. The average Bonchev–Trinajstić information content (AvgIpc) is 2.82. The molecule has 0 spiro atoms. The number of halogens is 1. The maximum atomic E-state index is 8.99. The second-order valence-corrected chi connectivity index (χ2v) is 8.36. The molecule has 1 aliphatic heterocycles. The number of anilines is 3. The number of hydrogen-bond acceptors (Lipinski definition) is 7. The second-order valence-electron chi connectivity index (χ2n) is 7.96. The Morgan fingerprint density at radius 1 is 1.15 bits per heavy atom. The Hall–Kier alpha value is -3.34. The molecule has 2 aromatic carbocycles. The zero-order chi connectivity index (χ0) is 23.2. The van der Waals surface area contributed by atoms with Crippen LogP contribution in [0.2, 0.25) is 5.02 Å². The Kier molecular flexibility index (Phi) is 7.28. The normalized spacial score (nSPS) is 14.1. The number of nitrogens with one attached hydrogen (secondary N) is 1. The average molecular weight is 463 g/mol. The van der Waals surface area contributed by atoms with Crippen LogP contribution in [0.3, 0.4) is 0 Å². The van der Waals surface area contributed by atoms with Gasteiger partial charge < -0.3 is 19.9 Å². The van der Waals surface area contributed by atoms with Gasteiger partial charge in [0.15, 0.2) is 0 Å². The van der Waals surface area contributed by atoms with E-state index < -0.39 is 0 Å². The van der Waals surface area contributed by atoms with Gasteiger partial charge in [0.2, 0.25) is 5.95 Å². The number of rotatable bonds is 7. The first-order chi connectivity index (χ1) is 16.1. The number of hydrogen-bond donors (Lipinski definition) is 1. The lowest BCUT2D eigenvalue weighted by Crippen LogP contribution is -2.44. The predicted octanol–water partition coefficient (Wildman–Crippen LogP) is 4.76. The number of benzene rings is 2. The number of nitrogens with zero attached hydrogens (tertiary/aromatic N) is 5. The first-order valence-corrected chi connectivity index (χ1v) is 11.4. The fourth-order valence-corrected chi connectivity index (χ4v) is 4.05. The summed E-state index contributed by atoms with van der Waals surface area (Å²) in [5.41, 5.74) is 4.32. The molecule has 1 fully saturated rings. The van der Waals surface area contributed by atoms with Crippen LogP contribution in [-0.2, 0) is 6.42 Å². The molecular formula is C25H27ClN6O. The molecule has 0 bridgehead atoms. The summed E-state index contributed by atoms with van der Waals surface area (Å²) < 4.78 is 5.96. The lowest BCUT2D eigenvalue weighted by Gasteiger charge is -2.35. The maximum absolute atomic E-state index is 8.99. The quantitative estimate of drug-likeness (QED) is 0.542. The minimum atomic E-state index is 0.335. The fourth-order valence-electron chi connectivity index (χ4n) is 3.85. The Labute approximate surface area is 199 Å². The molecule has 0 atom stereocenters. The molecule has 8 heteroatoms. The topological polar surface area (TPSA) is 77.3 Å². The molecule has 1 N–H and O–H groups in total. The second kappa shape index (κ2) is 10.5. The molecule has 0 amide bonds. The predicted molar refractivity (Wildman–Crippen MR) is 132 cm³/mol. The first-order valence-electron chi connectivity index (χ1n) is 11.0. The highest BCUT2D eigenvalue weighted by Gasteiger charge is 2.18. The van der Waals surface area contributed by atoms with Crippen molar-refractivity contribution < 1.29 is 4.74 Å². The summed E-state index contributed by atoms with van der Waals surface area (Å²) in [6, 6.07) is 15.9. The van der Waals surface area contributed by atoms with Crippen LogP contribution < -0.4 is 15.0 Å². The number of aromatic nitrogens is 2. The van der Waals surface area contributed by atoms with Gasteiger partial charge in [0, 0.05) is 43.5 Å². The molecule has 0 radical (unpaired) electrons. The van der Waals surface area contributed by atoms with E-state index in [0.29, 0.717) is 29.7 Å². The van der Waals surface area contributed by atoms with Crippen LogP contribution in [-0.4, -0.2) is 54.7 Å². The molecule has 0 saturated carbocycles. The third kappa shape index (κ3) is 5.54. The monoisotopic (exact) mass is 462 g/mol. The van der Waals surface area contributed by atoms with Crippen molar-refractivity contribution in [3.8, 4) is 23.1 Å². The lowest BCUT2D eigenvalue weighted by molar-refractivity contribution is 0.307. The third-order valence-electron chi connectivity index (χ3n) is 5.59. The maximum Gasteiger partial charge on any atom is 0.227 e. The van der Waals surface area contributed by atoms with E-state index in [4.69, 9.17) is 21.6 Å². The van der Waals surface area contributed by atoms with E-state index in [-0.39, 0.29) is 0 Å². The molecule has 2 heterocycles. The van der Waals surface area contributed by atoms with Crippen molar-refractivity contribution in [3.05, 3.63) is 59.2 Å². The molecule has 1 aliphatic rings. The summed E-state index contributed by atoms with van der Waals surface area (Å²) in [4.78, 5) is 13.7. The van der Waals surface area contributed by atoms with Gasteiger partial charge in [-0.2, -0.15) is 5.26 Å². The highest BCUT2D eigenvalue weighted by atomic mass is 35.5. The zero-order valence-corrected chi connectivity index (χ0v) is 19.6. The van der Waals surface area contributed by atoms with Gasteiger partial charge in [-0.05, 0) is 37.7 Å². The van der Waals surface area contributed by atoms with E-state index in [2.05, 4.69) is 44.3 Å². The van der Waals surface area contributed by atoms with Gasteiger partial charge in [-0.15, -0.1) is 0 Å². The lowest BCUT2D eigenvalue weighted by atomic mass is 10.1. The van der Waals surface area contributed by atoms with Crippen LogP contribution >= 0.6 is 11.6 Å². The molecule has 170 valence electrons. The summed E-state index contributed by atoms with van der Waals surface area (Å²) in [7, 11) is 2.15. The smallest absolute Gasteiger partial charge is 0.227 e.